The lowest BCUT2D eigenvalue weighted by Gasteiger charge is -2.21. The van der Waals surface area contributed by atoms with Crippen molar-refractivity contribution in [2.45, 2.75) is 67.7 Å². The molecule has 33 heavy (non-hydrogen) atoms. The lowest BCUT2D eigenvalue weighted by Crippen LogP contribution is -2.44. The van der Waals surface area contributed by atoms with Crippen molar-refractivity contribution >= 4 is 43.2 Å². The summed E-state index contributed by atoms with van der Waals surface area (Å²) in [5, 5.41) is 21.8. The number of fused-ring (bicyclic) bond motifs is 3. The van der Waals surface area contributed by atoms with Crippen molar-refractivity contribution in [3.05, 3.63) is 0 Å². The van der Waals surface area contributed by atoms with Gasteiger partial charge in [-0.05, 0) is 12.3 Å². The summed E-state index contributed by atoms with van der Waals surface area (Å²) in [6.07, 6.45) is 5.28. The van der Waals surface area contributed by atoms with E-state index < -0.39 is 38.5 Å². The molecule has 2 spiro atoms. The Balaban J connectivity index is 1.32. The molecular formula is C19H29N5O7PS+. The number of phosphoric acid groups is 1. The third-order valence-corrected chi connectivity index (χ3v) is 8.46. The zero-order valence-electron chi connectivity index (χ0n) is 18.0. The van der Waals surface area contributed by atoms with E-state index >= 15 is 0 Å². The third-order valence-electron chi connectivity index (χ3n) is 7.09. The Morgan fingerprint density at radius 3 is 2.76 bits per heavy atom. The molecule has 182 valence electrons. The van der Waals surface area contributed by atoms with Crippen molar-refractivity contribution in [3.63, 3.8) is 0 Å². The maximum atomic E-state index is 11.0. The number of anilines is 1. The smallest absolute Gasteiger partial charge is 0.387 e. The summed E-state index contributed by atoms with van der Waals surface area (Å²) in [7, 11) is -4.75. The van der Waals surface area contributed by atoms with E-state index in [2.05, 4.69) is 14.5 Å². The topological polar surface area (TPSA) is 181 Å². The van der Waals surface area contributed by atoms with Gasteiger partial charge < -0.3 is 30.5 Å². The maximum Gasteiger partial charge on any atom is 0.469 e. The van der Waals surface area contributed by atoms with Crippen molar-refractivity contribution in [2.24, 2.45) is 10.9 Å². The molecule has 2 saturated heterocycles. The summed E-state index contributed by atoms with van der Waals surface area (Å²) in [6, 6.07) is 0. The Morgan fingerprint density at radius 1 is 1.27 bits per heavy atom. The standard InChI is InChI=1S/C19H28N5O7PS/c20-16-13-17(23-18(22-16)33-7-6-11-4-2-1-3-5-11)24(10-21-13)9-19(24)15(26)14(25)12(31-19)8-30-32(27,28)29/h10-12,14-15,25-26H,1-9H2,(H3-,20,22,23,27,28,29)/p+1/t12-,14-,15-,19+,24?/m1/s1. The molecule has 1 unspecified atom stereocenters. The lowest BCUT2D eigenvalue weighted by molar-refractivity contribution is -0.0471. The second-order valence-electron chi connectivity index (χ2n) is 9.20. The van der Waals surface area contributed by atoms with Gasteiger partial charge in [-0.3, -0.25) is 4.52 Å². The fourth-order valence-corrected chi connectivity index (χ4v) is 6.55. The number of nitrogens with zero attached hydrogens (tertiary/aromatic N) is 4. The Kier molecular flexibility index (Phi) is 6.08. The molecule has 0 bridgehead atoms. The average molecular weight is 503 g/mol. The second kappa shape index (κ2) is 8.51. The van der Waals surface area contributed by atoms with Crippen LogP contribution < -0.4 is 10.2 Å². The van der Waals surface area contributed by atoms with Crippen molar-refractivity contribution in [1.82, 2.24) is 14.5 Å². The summed E-state index contributed by atoms with van der Waals surface area (Å²) in [4.78, 5) is 31.4. The van der Waals surface area contributed by atoms with E-state index in [1.807, 2.05) is 0 Å². The number of aromatic nitrogens is 2. The molecule has 12 nitrogen and oxygen atoms in total. The van der Waals surface area contributed by atoms with Crippen molar-refractivity contribution < 1.29 is 33.8 Å². The van der Waals surface area contributed by atoms with E-state index in [0.717, 1.165) is 18.1 Å². The van der Waals surface area contributed by atoms with Crippen LogP contribution in [-0.4, -0.2) is 79.2 Å². The van der Waals surface area contributed by atoms with Crippen molar-refractivity contribution in [2.75, 3.05) is 24.6 Å². The minimum Gasteiger partial charge on any atom is -0.387 e. The molecule has 1 saturated carbocycles. The number of quaternary nitrogens is 1. The first-order valence-corrected chi connectivity index (χ1v) is 13.6. The molecular weight excluding hydrogens is 473 g/mol. The number of aliphatic imine (C=N–C) groups is 1. The van der Waals surface area contributed by atoms with Crippen LogP contribution in [-0.2, 0) is 13.8 Å². The van der Waals surface area contributed by atoms with Gasteiger partial charge in [0.25, 0.3) is 11.5 Å². The highest BCUT2D eigenvalue weighted by atomic mass is 32.2. The number of phosphoric ester groups is 1. The highest BCUT2D eigenvalue weighted by molar-refractivity contribution is 7.99. The molecule has 1 aliphatic carbocycles. The number of ether oxygens (including phenoxy) is 1. The molecule has 3 fully saturated rings. The minimum atomic E-state index is -4.75. The van der Waals surface area contributed by atoms with Gasteiger partial charge in [0.2, 0.25) is 0 Å². The van der Waals surface area contributed by atoms with Crippen LogP contribution in [0.4, 0.5) is 17.3 Å². The largest absolute Gasteiger partial charge is 0.469 e. The van der Waals surface area contributed by atoms with E-state index in [1.165, 1.54) is 43.9 Å². The summed E-state index contributed by atoms with van der Waals surface area (Å²) in [5.74, 6) is 2.36. The van der Waals surface area contributed by atoms with Gasteiger partial charge in [0, 0.05) is 5.75 Å². The van der Waals surface area contributed by atoms with Crippen molar-refractivity contribution in [1.29, 1.82) is 0 Å². The number of nitrogen functional groups attached to an aromatic ring is 1. The van der Waals surface area contributed by atoms with E-state index in [9.17, 15) is 14.8 Å². The van der Waals surface area contributed by atoms with Gasteiger partial charge in [0.05, 0.1) is 6.61 Å². The van der Waals surface area contributed by atoms with Gasteiger partial charge in [-0.2, -0.15) is 14.5 Å². The SMILES string of the molecule is Nc1nc(SCCC2CCCCC2)nc2c1N=C[N+]21C[C@@]12O[C@H](COP(=O)(O)O)[C@@H](O)[C@H]2O. The molecule has 4 heterocycles. The van der Waals surface area contributed by atoms with Crippen LogP contribution in [0.25, 0.3) is 0 Å². The van der Waals surface area contributed by atoms with Gasteiger partial charge >= 0.3 is 7.82 Å². The van der Waals surface area contributed by atoms with Gasteiger partial charge in [0.1, 0.15) is 12.2 Å². The van der Waals surface area contributed by atoms with Gasteiger partial charge in [-0.15, -0.1) is 0 Å². The highest BCUT2D eigenvalue weighted by Crippen LogP contribution is 2.59. The molecule has 1 aromatic heterocycles. The summed E-state index contributed by atoms with van der Waals surface area (Å²) in [6.45, 7) is -0.320. The Bertz CT molecular complexity index is 1000. The van der Waals surface area contributed by atoms with Crippen LogP contribution in [0.5, 0.6) is 0 Å². The van der Waals surface area contributed by atoms with E-state index in [-0.39, 0.29) is 16.8 Å². The molecule has 0 amide bonds. The molecule has 4 aliphatic rings. The van der Waals surface area contributed by atoms with Crippen LogP contribution in [0.1, 0.15) is 38.5 Å². The third kappa shape index (κ3) is 4.13. The average Bonchev–Trinajstić information content (AvgIpc) is 3.16. The first-order valence-electron chi connectivity index (χ1n) is 11.1. The normalized spacial score (nSPS) is 35.6. The summed E-state index contributed by atoms with van der Waals surface area (Å²) < 4.78 is 21.4. The lowest BCUT2D eigenvalue weighted by atomic mass is 9.88. The van der Waals surface area contributed by atoms with E-state index in [1.54, 1.807) is 6.34 Å². The first-order chi connectivity index (χ1) is 15.7. The van der Waals surface area contributed by atoms with Crippen LogP contribution in [0.3, 0.4) is 0 Å². The quantitative estimate of drug-likeness (QED) is 0.118. The Morgan fingerprint density at radius 2 is 2.03 bits per heavy atom. The monoisotopic (exact) mass is 502 g/mol. The summed E-state index contributed by atoms with van der Waals surface area (Å²) >= 11 is 1.54. The number of aliphatic hydroxyl groups excluding tert-OH is 2. The molecule has 0 aromatic carbocycles. The predicted molar refractivity (Wildman–Crippen MR) is 121 cm³/mol. The number of nitrogens with two attached hydrogens (primary N) is 1. The highest BCUT2D eigenvalue weighted by Gasteiger charge is 2.84. The first kappa shape index (κ1) is 23.6. The molecule has 5 atom stereocenters. The zero-order chi connectivity index (χ0) is 23.4. The second-order valence-corrected chi connectivity index (χ2v) is 11.5. The maximum absolute atomic E-state index is 11.0. The van der Waals surface area contributed by atoms with Crippen LogP contribution in [0.2, 0.25) is 0 Å². The molecule has 0 radical (unpaired) electrons. The molecule has 3 aliphatic heterocycles. The number of aliphatic hydroxyl groups is 2. The molecule has 6 N–H and O–H groups in total. The Hall–Kier alpha value is -1.15. The van der Waals surface area contributed by atoms with Crippen LogP contribution in [0.15, 0.2) is 10.1 Å². The Labute approximate surface area is 195 Å². The van der Waals surface area contributed by atoms with Crippen LogP contribution in [0, 0.1) is 5.92 Å². The molecule has 1 aromatic rings. The fraction of sp³-hybridized carbons (Fsp3) is 0.737. The van der Waals surface area contributed by atoms with Crippen LogP contribution >= 0.6 is 19.6 Å². The fourth-order valence-electron chi connectivity index (χ4n) is 5.26. The molecule has 14 heteroatoms. The van der Waals surface area contributed by atoms with Gasteiger partial charge in [-0.25, -0.2) is 9.55 Å². The van der Waals surface area contributed by atoms with E-state index in [4.69, 9.17) is 25.2 Å². The number of hydrogen-bond donors (Lipinski definition) is 5. The molecule has 5 rings (SSSR count). The minimum absolute atomic E-state index is 0.0596. The zero-order valence-corrected chi connectivity index (χ0v) is 19.7. The van der Waals surface area contributed by atoms with Gasteiger partial charge in [0.15, 0.2) is 35.6 Å². The number of hydrogen-bond acceptors (Lipinski definition) is 10. The summed E-state index contributed by atoms with van der Waals surface area (Å²) in [5.41, 5.74) is 5.29. The van der Waals surface area contributed by atoms with Crippen molar-refractivity contribution in [3.8, 4) is 0 Å². The van der Waals surface area contributed by atoms with E-state index in [0.29, 0.717) is 16.7 Å². The van der Waals surface area contributed by atoms with Gasteiger partial charge in [-0.1, -0.05) is 43.9 Å². The number of thioether (sulfide) groups is 1. The number of rotatable bonds is 7. The predicted octanol–water partition coefficient (Wildman–Crippen LogP) is 1.04.